The van der Waals surface area contributed by atoms with Crippen molar-refractivity contribution in [3.05, 3.63) is 24.4 Å². The van der Waals surface area contributed by atoms with E-state index in [-0.39, 0.29) is 0 Å². The number of rotatable bonds is 2. The van der Waals surface area contributed by atoms with Crippen molar-refractivity contribution in [1.82, 2.24) is 5.16 Å². The first-order valence-electron chi connectivity index (χ1n) is 3.78. The molecule has 14 heavy (non-hydrogen) atoms. The van der Waals surface area contributed by atoms with Crippen LogP contribution in [0.25, 0.3) is 10.6 Å². The topological polar surface area (TPSA) is 60.2 Å². The van der Waals surface area contributed by atoms with Crippen molar-refractivity contribution < 1.29 is 12.9 Å². The van der Waals surface area contributed by atoms with E-state index in [9.17, 15) is 8.42 Å². The van der Waals surface area contributed by atoms with Gasteiger partial charge in [0.25, 0.3) is 0 Å². The molecule has 0 aliphatic carbocycles. The number of thiophene rings is 1. The maximum absolute atomic E-state index is 11.2. The van der Waals surface area contributed by atoms with E-state index in [0.29, 0.717) is 9.97 Å². The Bertz CT molecular complexity index is 525. The first-order chi connectivity index (χ1) is 6.57. The Morgan fingerprint density at radius 1 is 1.36 bits per heavy atom. The van der Waals surface area contributed by atoms with Crippen LogP contribution in [0.4, 0.5) is 0 Å². The summed E-state index contributed by atoms with van der Waals surface area (Å²) in [7, 11) is -3.12. The van der Waals surface area contributed by atoms with Crippen molar-refractivity contribution in [2.45, 2.75) is 4.21 Å². The molecule has 2 aromatic heterocycles. The molecule has 0 amide bonds. The van der Waals surface area contributed by atoms with E-state index in [1.165, 1.54) is 23.8 Å². The summed E-state index contributed by atoms with van der Waals surface area (Å²) in [4.78, 5) is 0.767. The molecule has 0 aromatic carbocycles. The summed E-state index contributed by atoms with van der Waals surface area (Å²) in [6.07, 6.45) is 2.71. The monoisotopic (exact) mass is 229 g/mol. The molecule has 0 fully saturated rings. The van der Waals surface area contributed by atoms with Crippen molar-refractivity contribution in [2.24, 2.45) is 0 Å². The fourth-order valence-corrected chi connectivity index (χ4v) is 2.88. The van der Waals surface area contributed by atoms with Crippen molar-refractivity contribution in [2.75, 3.05) is 6.26 Å². The SMILES string of the molecule is CS(=O)(=O)c1ccc(-c2ccno2)s1. The van der Waals surface area contributed by atoms with Gasteiger partial charge in [0.2, 0.25) is 0 Å². The molecule has 0 bridgehead atoms. The fourth-order valence-electron chi connectivity index (χ4n) is 0.995. The van der Waals surface area contributed by atoms with Gasteiger partial charge in [0, 0.05) is 12.3 Å². The van der Waals surface area contributed by atoms with E-state index in [2.05, 4.69) is 5.16 Å². The van der Waals surface area contributed by atoms with Crippen molar-refractivity contribution >= 4 is 21.2 Å². The van der Waals surface area contributed by atoms with E-state index in [1.54, 1.807) is 18.2 Å². The number of nitrogens with zero attached hydrogens (tertiary/aromatic N) is 1. The number of hydrogen-bond donors (Lipinski definition) is 0. The Kier molecular flexibility index (Phi) is 2.16. The van der Waals surface area contributed by atoms with Gasteiger partial charge in [-0.15, -0.1) is 11.3 Å². The number of sulfone groups is 1. The molecule has 0 radical (unpaired) electrons. The largest absolute Gasteiger partial charge is 0.355 e. The fraction of sp³-hybridized carbons (Fsp3) is 0.125. The van der Waals surface area contributed by atoms with Gasteiger partial charge in [-0.05, 0) is 12.1 Å². The molecule has 0 unspecified atom stereocenters. The van der Waals surface area contributed by atoms with Crippen LogP contribution < -0.4 is 0 Å². The molecule has 0 N–H and O–H groups in total. The summed E-state index contributed by atoms with van der Waals surface area (Å²) < 4.78 is 27.6. The minimum absolute atomic E-state index is 0.337. The highest BCUT2D eigenvalue weighted by molar-refractivity contribution is 7.92. The molecule has 0 saturated heterocycles. The summed E-state index contributed by atoms with van der Waals surface area (Å²) in [6.45, 7) is 0. The molecule has 0 spiro atoms. The lowest BCUT2D eigenvalue weighted by atomic mass is 10.4. The molecule has 0 aliphatic heterocycles. The third-order valence-corrected chi connectivity index (χ3v) is 4.55. The van der Waals surface area contributed by atoms with Crippen LogP contribution in [0, 0.1) is 0 Å². The quantitative estimate of drug-likeness (QED) is 0.788. The molecule has 4 nitrogen and oxygen atoms in total. The van der Waals surface area contributed by atoms with Gasteiger partial charge in [0.05, 0.1) is 11.1 Å². The summed E-state index contributed by atoms with van der Waals surface area (Å²) in [5.74, 6) is 0.588. The molecule has 6 heteroatoms. The number of hydrogen-bond acceptors (Lipinski definition) is 5. The minimum atomic E-state index is -3.12. The van der Waals surface area contributed by atoms with Crippen LogP contribution in [0.2, 0.25) is 0 Å². The van der Waals surface area contributed by atoms with Crippen molar-refractivity contribution in [1.29, 1.82) is 0 Å². The summed E-state index contributed by atoms with van der Waals surface area (Å²) in [5.41, 5.74) is 0. The molecule has 0 atom stereocenters. The van der Waals surface area contributed by atoms with Gasteiger partial charge in [-0.3, -0.25) is 0 Å². The molecule has 2 aromatic rings. The second-order valence-corrected chi connectivity index (χ2v) is 6.09. The van der Waals surface area contributed by atoms with Crippen LogP contribution in [-0.2, 0) is 9.84 Å². The van der Waals surface area contributed by atoms with Crippen molar-refractivity contribution in [3.63, 3.8) is 0 Å². The zero-order chi connectivity index (χ0) is 10.2. The second kappa shape index (κ2) is 3.21. The van der Waals surface area contributed by atoms with E-state index < -0.39 is 9.84 Å². The van der Waals surface area contributed by atoms with Gasteiger partial charge >= 0.3 is 0 Å². The molecule has 2 heterocycles. The predicted molar refractivity (Wildman–Crippen MR) is 52.9 cm³/mol. The first kappa shape index (κ1) is 9.42. The second-order valence-electron chi connectivity index (χ2n) is 2.77. The average Bonchev–Trinajstić information content (AvgIpc) is 2.73. The number of aromatic nitrogens is 1. The standard InChI is InChI=1S/C8H7NO3S2/c1-14(10,11)8-3-2-7(13-8)6-4-5-9-12-6/h2-5H,1H3. The Morgan fingerprint density at radius 3 is 2.64 bits per heavy atom. The van der Waals surface area contributed by atoms with Crippen LogP contribution >= 0.6 is 11.3 Å². The molecule has 2 rings (SSSR count). The average molecular weight is 229 g/mol. The third-order valence-electron chi connectivity index (χ3n) is 1.63. The molecule has 74 valence electrons. The van der Waals surface area contributed by atoms with Gasteiger partial charge in [-0.2, -0.15) is 0 Å². The Balaban J connectivity index is 2.46. The van der Waals surface area contributed by atoms with Crippen LogP contribution in [-0.4, -0.2) is 19.8 Å². The highest BCUT2D eigenvalue weighted by Gasteiger charge is 2.12. The minimum Gasteiger partial charge on any atom is -0.355 e. The van der Waals surface area contributed by atoms with Gasteiger partial charge in [0.15, 0.2) is 15.6 Å². The zero-order valence-electron chi connectivity index (χ0n) is 7.30. The van der Waals surface area contributed by atoms with Gasteiger partial charge in [-0.25, -0.2) is 8.42 Å². The third kappa shape index (κ3) is 1.71. The van der Waals surface area contributed by atoms with Crippen molar-refractivity contribution in [3.8, 4) is 10.6 Å². The highest BCUT2D eigenvalue weighted by Crippen LogP contribution is 2.30. The van der Waals surface area contributed by atoms with E-state index in [0.717, 1.165) is 4.88 Å². The molecule has 0 saturated carbocycles. The smallest absolute Gasteiger partial charge is 0.184 e. The molecule has 0 aliphatic rings. The van der Waals surface area contributed by atoms with E-state index >= 15 is 0 Å². The van der Waals surface area contributed by atoms with E-state index in [4.69, 9.17) is 4.52 Å². The summed E-state index contributed by atoms with van der Waals surface area (Å²) in [5, 5.41) is 3.55. The highest BCUT2D eigenvalue weighted by atomic mass is 32.2. The maximum Gasteiger partial charge on any atom is 0.184 e. The van der Waals surface area contributed by atoms with Gasteiger partial charge in [0.1, 0.15) is 4.21 Å². The molecular weight excluding hydrogens is 222 g/mol. The predicted octanol–water partition coefficient (Wildman–Crippen LogP) is 1.81. The van der Waals surface area contributed by atoms with E-state index in [1.807, 2.05) is 0 Å². The van der Waals surface area contributed by atoms with Gasteiger partial charge in [-0.1, -0.05) is 5.16 Å². The Morgan fingerprint density at radius 2 is 2.14 bits per heavy atom. The lowest BCUT2D eigenvalue weighted by Crippen LogP contribution is -1.91. The van der Waals surface area contributed by atoms with Crippen LogP contribution in [0.15, 0.2) is 33.1 Å². The molecular formula is C8H7NO3S2. The first-order valence-corrected chi connectivity index (χ1v) is 6.49. The Labute approximate surface area is 85.1 Å². The van der Waals surface area contributed by atoms with Crippen LogP contribution in [0.5, 0.6) is 0 Å². The zero-order valence-corrected chi connectivity index (χ0v) is 8.93. The Hall–Kier alpha value is -1.14. The van der Waals surface area contributed by atoms with Gasteiger partial charge < -0.3 is 4.52 Å². The lowest BCUT2D eigenvalue weighted by Gasteiger charge is -1.88. The van der Waals surface area contributed by atoms with Crippen LogP contribution in [0.3, 0.4) is 0 Å². The normalized spacial score (nSPS) is 11.8. The van der Waals surface area contributed by atoms with Crippen LogP contribution in [0.1, 0.15) is 0 Å². The lowest BCUT2D eigenvalue weighted by molar-refractivity contribution is 0.433. The summed E-state index contributed by atoms with van der Waals surface area (Å²) >= 11 is 1.18. The summed E-state index contributed by atoms with van der Waals surface area (Å²) in [6, 6.07) is 4.97. The maximum atomic E-state index is 11.2.